The van der Waals surface area contributed by atoms with Crippen molar-refractivity contribution in [1.82, 2.24) is 24.5 Å². The van der Waals surface area contributed by atoms with Crippen LogP contribution in [0.3, 0.4) is 0 Å². The van der Waals surface area contributed by atoms with E-state index in [1.54, 1.807) is 29.2 Å². The summed E-state index contributed by atoms with van der Waals surface area (Å²) in [4.78, 5) is 13.7. The van der Waals surface area contributed by atoms with Crippen molar-refractivity contribution in [2.45, 2.75) is 44.4 Å². The van der Waals surface area contributed by atoms with Crippen molar-refractivity contribution in [2.24, 2.45) is 5.73 Å². The van der Waals surface area contributed by atoms with Crippen LogP contribution in [0.15, 0.2) is 55.1 Å². The van der Waals surface area contributed by atoms with E-state index < -0.39 is 12.6 Å². The molecule has 3 aliphatic heterocycles. The summed E-state index contributed by atoms with van der Waals surface area (Å²) in [6.07, 6.45) is 8.02. The zero-order chi connectivity index (χ0) is 29.6. The first kappa shape index (κ1) is 21.5. The van der Waals surface area contributed by atoms with Gasteiger partial charge in [-0.2, -0.15) is 10.4 Å². The van der Waals surface area contributed by atoms with Gasteiger partial charge in [0.05, 0.1) is 34.0 Å². The molecule has 7 heterocycles. The van der Waals surface area contributed by atoms with Gasteiger partial charge in [-0.25, -0.2) is 14.5 Å². The van der Waals surface area contributed by atoms with Gasteiger partial charge in [0.15, 0.2) is 0 Å². The summed E-state index contributed by atoms with van der Waals surface area (Å²) in [5.74, 6) is 7.20. The van der Waals surface area contributed by atoms with E-state index in [0.717, 1.165) is 54.1 Å². The standard InChI is InChI=1S/C30H30N8O/c1-30(2,32)9-8-20-10-26(29-23(12-31)15-35-38(29)17-20)22-5-6-27(33-14-22)36-18-24-11-25(19-36)37(24)16-21-4-7-28(39-3)34-13-21/h4-7,10,13-15,17,24-25H,11,16,18-19,32H2,1-3H3/i3D3. The van der Waals surface area contributed by atoms with E-state index in [2.05, 4.69) is 37.8 Å². The normalized spacial score (nSPS) is 20.2. The number of piperidine rings is 1. The molecular weight excluding hydrogens is 488 g/mol. The molecule has 39 heavy (non-hydrogen) atoms. The number of nitriles is 1. The molecule has 0 radical (unpaired) electrons. The van der Waals surface area contributed by atoms with Gasteiger partial charge < -0.3 is 15.4 Å². The summed E-state index contributed by atoms with van der Waals surface area (Å²) < 4.78 is 28.2. The third-order valence-electron chi connectivity index (χ3n) is 7.26. The van der Waals surface area contributed by atoms with Gasteiger partial charge >= 0.3 is 0 Å². The van der Waals surface area contributed by atoms with Crippen LogP contribution >= 0.6 is 0 Å². The van der Waals surface area contributed by atoms with Crippen LogP contribution in [0.25, 0.3) is 16.6 Å². The lowest BCUT2D eigenvalue weighted by atomic mass is 9.87. The predicted octanol–water partition coefficient (Wildman–Crippen LogP) is 3.22. The highest BCUT2D eigenvalue weighted by molar-refractivity contribution is 5.85. The predicted molar refractivity (Wildman–Crippen MR) is 149 cm³/mol. The lowest BCUT2D eigenvalue weighted by molar-refractivity contribution is -0.00876. The van der Waals surface area contributed by atoms with Crippen LogP contribution < -0.4 is 15.4 Å². The van der Waals surface area contributed by atoms with Crippen LogP contribution in [0.4, 0.5) is 5.82 Å². The lowest BCUT2D eigenvalue weighted by Crippen LogP contribution is -2.68. The molecule has 2 bridgehead atoms. The molecule has 9 heteroatoms. The second kappa shape index (κ2) is 9.70. The molecule has 2 N–H and O–H groups in total. The fourth-order valence-corrected chi connectivity index (χ4v) is 5.37. The molecule has 2 atom stereocenters. The molecule has 0 spiro atoms. The molecule has 3 saturated heterocycles. The van der Waals surface area contributed by atoms with Gasteiger partial charge in [-0.05, 0) is 44.0 Å². The third-order valence-corrected chi connectivity index (χ3v) is 7.26. The van der Waals surface area contributed by atoms with E-state index in [4.69, 9.17) is 19.6 Å². The van der Waals surface area contributed by atoms with Crippen molar-refractivity contribution in [2.75, 3.05) is 25.0 Å². The Balaban J connectivity index is 1.17. The molecule has 4 aromatic rings. The fourth-order valence-electron chi connectivity index (χ4n) is 5.37. The SMILES string of the molecule is [2H]C([2H])([2H])Oc1ccc(CN2C3CC2CN(c2ccc(-c4cc(C#CC(C)(C)N)cn5ncc(C#N)c45)cn2)C3)cn1. The summed E-state index contributed by atoms with van der Waals surface area (Å²) in [6.45, 7) is 6.17. The van der Waals surface area contributed by atoms with Crippen LogP contribution in [-0.4, -0.2) is 62.2 Å². The number of pyridine rings is 3. The number of piperazine rings is 1. The van der Waals surface area contributed by atoms with E-state index in [1.807, 2.05) is 44.3 Å². The maximum atomic E-state index is 9.68. The Morgan fingerprint density at radius 2 is 2.00 bits per heavy atom. The number of hydrogen-bond donors (Lipinski definition) is 1. The summed E-state index contributed by atoms with van der Waals surface area (Å²) in [7, 11) is -2.51. The Bertz CT molecular complexity index is 1710. The fraction of sp³-hybridized carbons (Fsp3) is 0.333. The zero-order valence-electron chi connectivity index (χ0n) is 24.8. The molecule has 0 saturated carbocycles. The van der Waals surface area contributed by atoms with Crippen molar-refractivity contribution in [1.29, 1.82) is 5.26 Å². The highest BCUT2D eigenvalue weighted by Gasteiger charge is 2.44. The maximum absolute atomic E-state index is 9.68. The van der Waals surface area contributed by atoms with Crippen LogP contribution in [0.5, 0.6) is 5.88 Å². The molecule has 0 aromatic carbocycles. The molecule has 3 fully saturated rings. The van der Waals surface area contributed by atoms with Crippen molar-refractivity contribution in [3.63, 3.8) is 0 Å². The van der Waals surface area contributed by atoms with Crippen LogP contribution in [-0.2, 0) is 6.54 Å². The molecular formula is C30H30N8O. The number of nitrogens with zero attached hydrogens (tertiary/aromatic N) is 7. The highest BCUT2D eigenvalue weighted by atomic mass is 16.5. The smallest absolute Gasteiger partial charge is 0.212 e. The maximum Gasteiger partial charge on any atom is 0.212 e. The van der Waals surface area contributed by atoms with Gasteiger partial charge in [-0.15, -0.1) is 0 Å². The monoisotopic (exact) mass is 521 g/mol. The summed E-state index contributed by atoms with van der Waals surface area (Å²) in [6, 6.07) is 12.5. The van der Waals surface area contributed by atoms with Gasteiger partial charge in [0.1, 0.15) is 11.9 Å². The van der Waals surface area contributed by atoms with E-state index in [0.29, 0.717) is 23.2 Å². The molecule has 7 rings (SSSR count). The second-order valence-corrected chi connectivity index (χ2v) is 10.7. The number of nitrogens with two attached hydrogens (primary N) is 1. The largest absolute Gasteiger partial charge is 0.481 e. The van der Waals surface area contributed by atoms with E-state index in [-0.39, 0.29) is 5.88 Å². The summed E-state index contributed by atoms with van der Waals surface area (Å²) >= 11 is 0. The number of aromatic nitrogens is 4. The van der Waals surface area contributed by atoms with Crippen LogP contribution in [0, 0.1) is 23.2 Å². The zero-order valence-corrected chi connectivity index (χ0v) is 21.8. The van der Waals surface area contributed by atoms with Gasteiger partial charge in [0.25, 0.3) is 0 Å². The number of methoxy groups -OCH3 is 1. The van der Waals surface area contributed by atoms with Crippen molar-refractivity contribution in [3.8, 4) is 34.9 Å². The Morgan fingerprint density at radius 1 is 1.15 bits per heavy atom. The average molecular weight is 522 g/mol. The van der Waals surface area contributed by atoms with Gasteiger partial charge in [-0.3, -0.25) is 4.90 Å². The van der Waals surface area contributed by atoms with Crippen LogP contribution in [0.2, 0.25) is 0 Å². The minimum Gasteiger partial charge on any atom is -0.481 e. The highest BCUT2D eigenvalue weighted by Crippen LogP contribution is 2.36. The molecule has 3 aliphatic rings. The lowest BCUT2D eigenvalue weighted by Gasteiger charge is -2.56. The number of ether oxygens (including phenoxy) is 1. The summed E-state index contributed by atoms with van der Waals surface area (Å²) in [5, 5.41) is 14.1. The molecule has 4 aromatic heterocycles. The first-order valence-electron chi connectivity index (χ1n) is 14.3. The summed E-state index contributed by atoms with van der Waals surface area (Å²) in [5.41, 5.74) is 10.1. The minimum atomic E-state index is -2.51. The Labute approximate surface area is 232 Å². The first-order chi connectivity index (χ1) is 20.0. The Morgan fingerprint density at radius 3 is 2.67 bits per heavy atom. The van der Waals surface area contributed by atoms with E-state index in [9.17, 15) is 5.26 Å². The van der Waals surface area contributed by atoms with E-state index >= 15 is 0 Å². The first-order valence-corrected chi connectivity index (χ1v) is 12.8. The van der Waals surface area contributed by atoms with Gasteiger partial charge in [0.2, 0.25) is 5.88 Å². The van der Waals surface area contributed by atoms with Crippen molar-refractivity contribution < 1.29 is 8.85 Å². The minimum absolute atomic E-state index is 0.0974. The second-order valence-electron chi connectivity index (χ2n) is 10.7. The number of hydrogen-bond acceptors (Lipinski definition) is 8. The third kappa shape index (κ3) is 4.90. The molecule has 0 amide bonds. The topological polar surface area (TPSA) is 109 Å². The van der Waals surface area contributed by atoms with Gasteiger partial charge in [0, 0.05) is 73.1 Å². The Kier molecular flexibility index (Phi) is 5.35. The molecule has 196 valence electrons. The van der Waals surface area contributed by atoms with Crippen molar-refractivity contribution in [3.05, 3.63) is 71.8 Å². The molecule has 0 aliphatic carbocycles. The molecule has 2 unspecified atom stereocenters. The van der Waals surface area contributed by atoms with Crippen molar-refractivity contribution >= 4 is 11.3 Å². The molecule has 9 nitrogen and oxygen atoms in total. The quantitative estimate of drug-likeness (QED) is 0.399. The number of rotatable bonds is 5. The van der Waals surface area contributed by atoms with Gasteiger partial charge in [-0.1, -0.05) is 17.9 Å². The van der Waals surface area contributed by atoms with E-state index in [1.165, 1.54) is 0 Å². The number of fused-ring (bicyclic) bond motifs is 3. The Hall–Kier alpha value is -4.44. The average Bonchev–Trinajstić information content (AvgIpc) is 3.37. The number of anilines is 1. The van der Waals surface area contributed by atoms with Crippen LogP contribution in [0.1, 0.15) is 41.1 Å².